The first kappa shape index (κ1) is 14.4. The average molecular weight is 263 g/mol. The summed E-state index contributed by atoms with van der Waals surface area (Å²) in [6, 6.07) is 8.26. The minimum Gasteiger partial charge on any atom is -0.497 e. The lowest BCUT2D eigenvalue weighted by Crippen LogP contribution is -2.41. The van der Waals surface area contributed by atoms with E-state index in [0.717, 1.165) is 38.2 Å². The van der Waals surface area contributed by atoms with E-state index in [1.54, 1.807) is 7.11 Å². The first-order chi connectivity index (χ1) is 8.99. The number of methoxy groups -OCH3 is 1. The van der Waals surface area contributed by atoms with Gasteiger partial charge in [0.05, 0.1) is 12.7 Å². The van der Waals surface area contributed by atoms with E-state index in [2.05, 4.69) is 17.0 Å². The van der Waals surface area contributed by atoms with Crippen molar-refractivity contribution in [1.82, 2.24) is 4.90 Å². The molecule has 19 heavy (non-hydrogen) atoms. The zero-order valence-corrected chi connectivity index (χ0v) is 12.2. The van der Waals surface area contributed by atoms with Gasteiger partial charge in [-0.1, -0.05) is 12.1 Å². The third-order valence-electron chi connectivity index (χ3n) is 4.13. The quantitative estimate of drug-likeness (QED) is 0.906. The summed E-state index contributed by atoms with van der Waals surface area (Å²) in [4.78, 5) is 2.46. The smallest absolute Gasteiger partial charge is 0.119 e. The third-order valence-corrected chi connectivity index (χ3v) is 4.13. The van der Waals surface area contributed by atoms with Crippen LogP contribution in [-0.4, -0.2) is 35.8 Å². The Hall–Kier alpha value is -1.06. The fourth-order valence-electron chi connectivity index (χ4n) is 2.83. The lowest BCUT2D eigenvalue weighted by atomic mass is 9.83. The minimum absolute atomic E-state index is 0.425. The minimum atomic E-state index is -0.540. The van der Waals surface area contributed by atoms with Crippen LogP contribution >= 0.6 is 0 Å². The molecule has 1 saturated heterocycles. The highest BCUT2D eigenvalue weighted by Crippen LogP contribution is 2.28. The molecule has 1 aromatic rings. The Morgan fingerprint density at radius 3 is 2.58 bits per heavy atom. The van der Waals surface area contributed by atoms with Crippen LogP contribution in [0.25, 0.3) is 0 Å². The molecule has 3 nitrogen and oxygen atoms in total. The predicted molar refractivity (Wildman–Crippen MR) is 77.3 cm³/mol. The number of nitrogens with zero attached hydrogens (tertiary/aromatic N) is 1. The summed E-state index contributed by atoms with van der Waals surface area (Å²) in [6.45, 7) is 6.94. The molecule has 1 aliphatic rings. The summed E-state index contributed by atoms with van der Waals surface area (Å²) in [7, 11) is 1.70. The van der Waals surface area contributed by atoms with Gasteiger partial charge in [-0.3, -0.25) is 4.90 Å². The molecule has 1 aliphatic heterocycles. The van der Waals surface area contributed by atoms with Crippen molar-refractivity contribution in [3.05, 3.63) is 29.8 Å². The van der Waals surface area contributed by atoms with Crippen molar-refractivity contribution in [2.24, 2.45) is 5.92 Å². The maximum atomic E-state index is 10.1. The molecule has 1 aromatic carbocycles. The van der Waals surface area contributed by atoms with Gasteiger partial charge in [-0.05, 0) is 63.4 Å². The Balaban J connectivity index is 1.88. The number of likely N-dealkylation sites (tertiary alicyclic amines) is 1. The Kier molecular flexibility index (Phi) is 4.48. The zero-order chi connectivity index (χ0) is 13.9. The molecule has 0 unspecified atom stereocenters. The SMILES string of the molecule is COc1cccc(CN2CCC(C(C)(C)O)CC2)c1. The third kappa shape index (κ3) is 3.95. The van der Waals surface area contributed by atoms with Gasteiger partial charge >= 0.3 is 0 Å². The second-order valence-electron chi connectivity index (χ2n) is 6.06. The summed E-state index contributed by atoms with van der Waals surface area (Å²) in [5.41, 5.74) is 0.753. The molecule has 0 atom stereocenters. The van der Waals surface area contributed by atoms with Crippen LogP contribution < -0.4 is 4.74 Å². The second-order valence-corrected chi connectivity index (χ2v) is 6.06. The highest BCUT2D eigenvalue weighted by Gasteiger charge is 2.30. The lowest BCUT2D eigenvalue weighted by molar-refractivity contribution is -0.0136. The summed E-state index contributed by atoms with van der Waals surface area (Å²) in [6.07, 6.45) is 2.15. The van der Waals surface area contributed by atoms with E-state index in [0.29, 0.717) is 5.92 Å². The van der Waals surface area contributed by atoms with E-state index >= 15 is 0 Å². The molecule has 1 N–H and O–H groups in total. The van der Waals surface area contributed by atoms with Crippen LogP contribution in [0.5, 0.6) is 5.75 Å². The molecular weight excluding hydrogens is 238 g/mol. The van der Waals surface area contributed by atoms with Gasteiger partial charge in [-0.25, -0.2) is 0 Å². The molecule has 106 valence electrons. The standard InChI is InChI=1S/C16H25NO2/c1-16(2,18)14-7-9-17(10-8-14)12-13-5-4-6-15(11-13)19-3/h4-6,11,14,18H,7-10,12H2,1-3H3. The van der Waals surface area contributed by atoms with E-state index in [1.165, 1.54) is 5.56 Å². The van der Waals surface area contributed by atoms with Crippen LogP contribution in [0.4, 0.5) is 0 Å². The van der Waals surface area contributed by atoms with E-state index in [1.807, 2.05) is 26.0 Å². The Morgan fingerprint density at radius 1 is 1.32 bits per heavy atom. The van der Waals surface area contributed by atoms with E-state index in [4.69, 9.17) is 4.74 Å². The predicted octanol–water partition coefficient (Wildman–Crippen LogP) is 2.68. The second kappa shape index (κ2) is 5.93. The Morgan fingerprint density at radius 2 is 2.00 bits per heavy atom. The highest BCUT2D eigenvalue weighted by molar-refractivity contribution is 5.28. The first-order valence-electron chi connectivity index (χ1n) is 7.06. The van der Waals surface area contributed by atoms with Gasteiger partial charge in [0.15, 0.2) is 0 Å². The first-order valence-corrected chi connectivity index (χ1v) is 7.06. The monoisotopic (exact) mass is 263 g/mol. The molecule has 2 rings (SSSR count). The molecule has 3 heteroatoms. The highest BCUT2D eigenvalue weighted by atomic mass is 16.5. The van der Waals surface area contributed by atoms with Crippen LogP contribution in [0.2, 0.25) is 0 Å². The van der Waals surface area contributed by atoms with Gasteiger partial charge in [-0.2, -0.15) is 0 Å². The van der Waals surface area contributed by atoms with E-state index in [9.17, 15) is 5.11 Å². The van der Waals surface area contributed by atoms with Crippen molar-refractivity contribution in [2.75, 3.05) is 20.2 Å². The summed E-state index contributed by atoms with van der Waals surface area (Å²) < 4.78 is 5.25. The zero-order valence-electron chi connectivity index (χ0n) is 12.2. The van der Waals surface area contributed by atoms with Crippen LogP contribution in [0.3, 0.4) is 0 Å². The molecule has 0 radical (unpaired) electrons. The molecule has 1 heterocycles. The van der Waals surface area contributed by atoms with Gasteiger partial charge in [-0.15, -0.1) is 0 Å². The normalized spacial score (nSPS) is 18.5. The summed E-state index contributed by atoms with van der Waals surface area (Å²) in [5.74, 6) is 1.35. The van der Waals surface area contributed by atoms with Gasteiger partial charge in [0, 0.05) is 6.54 Å². The number of aliphatic hydroxyl groups is 1. The van der Waals surface area contributed by atoms with Crippen molar-refractivity contribution >= 4 is 0 Å². The maximum Gasteiger partial charge on any atom is 0.119 e. The molecular formula is C16H25NO2. The topological polar surface area (TPSA) is 32.7 Å². The fraction of sp³-hybridized carbons (Fsp3) is 0.625. The Labute approximate surface area is 116 Å². The number of ether oxygens (including phenoxy) is 1. The van der Waals surface area contributed by atoms with Gasteiger partial charge < -0.3 is 9.84 Å². The molecule has 0 aromatic heterocycles. The molecule has 1 fully saturated rings. The van der Waals surface area contributed by atoms with Crippen molar-refractivity contribution in [3.8, 4) is 5.75 Å². The summed E-state index contributed by atoms with van der Waals surface area (Å²) in [5, 5.41) is 10.1. The average Bonchev–Trinajstić information content (AvgIpc) is 2.38. The fourth-order valence-corrected chi connectivity index (χ4v) is 2.83. The van der Waals surface area contributed by atoms with Crippen molar-refractivity contribution in [3.63, 3.8) is 0 Å². The van der Waals surface area contributed by atoms with E-state index in [-0.39, 0.29) is 0 Å². The van der Waals surface area contributed by atoms with Crippen molar-refractivity contribution in [2.45, 2.75) is 38.8 Å². The van der Waals surface area contributed by atoms with Crippen LogP contribution in [0, 0.1) is 5.92 Å². The number of rotatable bonds is 4. The van der Waals surface area contributed by atoms with E-state index < -0.39 is 5.60 Å². The number of benzene rings is 1. The lowest BCUT2D eigenvalue weighted by Gasteiger charge is -2.37. The molecule has 0 spiro atoms. The van der Waals surface area contributed by atoms with Crippen molar-refractivity contribution in [1.29, 1.82) is 0 Å². The molecule has 0 saturated carbocycles. The van der Waals surface area contributed by atoms with Crippen LogP contribution in [0.15, 0.2) is 24.3 Å². The van der Waals surface area contributed by atoms with Gasteiger partial charge in [0.2, 0.25) is 0 Å². The maximum absolute atomic E-state index is 10.1. The molecule has 0 aliphatic carbocycles. The summed E-state index contributed by atoms with van der Waals surface area (Å²) >= 11 is 0. The number of piperidine rings is 1. The molecule has 0 bridgehead atoms. The van der Waals surface area contributed by atoms with Gasteiger partial charge in [0.25, 0.3) is 0 Å². The van der Waals surface area contributed by atoms with Crippen LogP contribution in [0.1, 0.15) is 32.3 Å². The number of hydrogen-bond acceptors (Lipinski definition) is 3. The van der Waals surface area contributed by atoms with Crippen molar-refractivity contribution < 1.29 is 9.84 Å². The number of hydrogen-bond donors (Lipinski definition) is 1. The molecule has 0 amide bonds. The van der Waals surface area contributed by atoms with Gasteiger partial charge in [0.1, 0.15) is 5.75 Å². The van der Waals surface area contributed by atoms with Crippen LogP contribution in [-0.2, 0) is 6.54 Å². The Bertz CT molecular complexity index is 403. The largest absolute Gasteiger partial charge is 0.497 e.